The van der Waals surface area contributed by atoms with Crippen LogP contribution < -0.4 is 0 Å². The van der Waals surface area contributed by atoms with Crippen LogP contribution in [-0.4, -0.2) is 13.2 Å². The predicted molar refractivity (Wildman–Crippen MR) is 70.2 cm³/mol. The van der Waals surface area contributed by atoms with Crippen LogP contribution in [0.3, 0.4) is 0 Å². The Hall–Kier alpha value is -1.08. The van der Waals surface area contributed by atoms with Crippen molar-refractivity contribution in [3.8, 4) is 0 Å². The lowest BCUT2D eigenvalue weighted by molar-refractivity contribution is 0.0620. The monoisotopic (exact) mass is 228 g/mol. The van der Waals surface area contributed by atoms with E-state index in [1.54, 1.807) is 11.1 Å². The van der Waals surface area contributed by atoms with E-state index in [1.165, 1.54) is 24.8 Å². The van der Waals surface area contributed by atoms with Gasteiger partial charge < -0.3 is 4.74 Å². The molecule has 0 fully saturated rings. The first kappa shape index (κ1) is 11.0. The maximum atomic E-state index is 5.67. The van der Waals surface area contributed by atoms with Crippen LogP contribution in [0.1, 0.15) is 36.8 Å². The standard InChI is InChI=1S/C16H20O/c1-11-9-15-13-6-4-3-5-12(13)7-8-14(15)16(10-11)17-2/h3-6,10,14-16H,7-9H2,1-2H3. The molecule has 0 radical (unpaired) electrons. The Morgan fingerprint density at radius 1 is 1.24 bits per heavy atom. The number of hydrogen-bond donors (Lipinski definition) is 0. The van der Waals surface area contributed by atoms with Crippen molar-refractivity contribution in [2.75, 3.05) is 7.11 Å². The van der Waals surface area contributed by atoms with Gasteiger partial charge in [0.15, 0.2) is 0 Å². The third-order valence-corrected chi connectivity index (χ3v) is 4.40. The molecular weight excluding hydrogens is 208 g/mol. The Labute approximate surface area is 103 Å². The minimum atomic E-state index is 0.321. The van der Waals surface area contributed by atoms with Gasteiger partial charge in [0.25, 0.3) is 0 Å². The minimum absolute atomic E-state index is 0.321. The van der Waals surface area contributed by atoms with Crippen LogP contribution in [0, 0.1) is 5.92 Å². The van der Waals surface area contributed by atoms with E-state index in [-0.39, 0.29) is 0 Å². The molecule has 0 aromatic heterocycles. The lowest BCUT2D eigenvalue weighted by Crippen LogP contribution is -2.34. The summed E-state index contributed by atoms with van der Waals surface area (Å²) in [5.74, 6) is 1.36. The highest BCUT2D eigenvalue weighted by molar-refractivity contribution is 5.36. The molecule has 1 aromatic carbocycles. The Morgan fingerprint density at radius 3 is 2.88 bits per heavy atom. The lowest BCUT2D eigenvalue weighted by atomic mass is 9.67. The van der Waals surface area contributed by atoms with E-state index in [0.717, 1.165) is 0 Å². The van der Waals surface area contributed by atoms with Crippen LogP contribution in [0.4, 0.5) is 0 Å². The number of fused-ring (bicyclic) bond motifs is 3. The summed E-state index contributed by atoms with van der Waals surface area (Å²) in [7, 11) is 1.84. The Balaban J connectivity index is 2.01. The molecular formula is C16H20O. The van der Waals surface area contributed by atoms with Crippen molar-refractivity contribution in [2.45, 2.75) is 38.2 Å². The van der Waals surface area contributed by atoms with Crippen molar-refractivity contribution < 1.29 is 4.74 Å². The molecule has 0 bridgehead atoms. The second-order valence-electron chi connectivity index (χ2n) is 5.43. The molecule has 3 atom stereocenters. The SMILES string of the molecule is COC1C=C(C)CC2c3ccccc3CCC12. The zero-order chi connectivity index (χ0) is 11.8. The third kappa shape index (κ3) is 1.83. The molecule has 0 saturated heterocycles. The van der Waals surface area contributed by atoms with Gasteiger partial charge in [-0.1, -0.05) is 35.9 Å². The molecule has 1 aromatic rings. The second-order valence-corrected chi connectivity index (χ2v) is 5.43. The number of benzene rings is 1. The number of methoxy groups -OCH3 is 1. The van der Waals surface area contributed by atoms with Crippen molar-refractivity contribution in [3.63, 3.8) is 0 Å². The summed E-state index contributed by atoms with van der Waals surface area (Å²) in [5.41, 5.74) is 4.60. The molecule has 0 saturated carbocycles. The molecule has 3 unspecified atom stereocenters. The van der Waals surface area contributed by atoms with Crippen LogP contribution in [0.5, 0.6) is 0 Å². The summed E-state index contributed by atoms with van der Waals surface area (Å²) in [4.78, 5) is 0. The number of aryl methyl sites for hydroxylation is 1. The van der Waals surface area contributed by atoms with Crippen LogP contribution in [0.25, 0.3) is 0 Å². The number of hydrogen-bond acceptors (Lipinski definition) is 1. The Morgan fingerprint density at radius 2 is 2.06 bits per heavy atom. The molecule has 0 spiro atoms. The first-order chi connectivity index (χ1) is 8.29. The topological polar surface area (TPSA) is 9.23 Å². The summed E-state index contributed by atoms with van der Waals surface area (Å²) in [5, 5.41) is 0. The van der Waals surface area contributed by atoms with Gasteiger partial charge in [0.1, 0.15) is 0 Å². The summed E-state index contributed by atoms with van der Waals surface area (Å²) in [6.45, 7) is 2.24. The second kappa shape index (κ2) is 4.30. The van der Waals surface area contributed by atoms with Crippen molar-refractivity contribution in [2.24, 2.45) is 5.92 Å². The average molecular weight is 228 g/mol. The fraction of sp³-hybridized carbons (Fsp3) is 0.500. The van der Waals surface area contributed by atoms with Gasteiger partial charge in [0, 0.05) is 7.11 Å². The normalized spacial score (nSPS) is 31.4. The van der Waals surface area contributed by atoms with Crippen LogP contribution in [-0.2, 0) is 11.2 Å². The van der Waals surface area contributed by atoms with Crippen molar-refractivity contribution in [1.82, 2.24) is 0 Å². The van der Waals surface area contributed by atoms with Gasteiger partial charge in [-0.15, -0.1) is 0 Å². The largest absolute Gasteiger partial charge is 0.377 e. The summed E-state index contributed by atoms with van der Waals surface area (Å²) in [6.07, 6.45) is 6.34. The van der Waals surface area contributed by atoms with Gasteiger partial charge in [-0.3, -0.25) is 0 Å². The van der Waals surface area contributed by atoms with E-state index in [9.17, 15) is 0 Å². The zero-order valence-electron chi connectivity index (χ0n) is 10.6. The first-order valence-corrected chi connectivity index (χ1v) is 6.57. The summed E-state index contributed by atoms with van der Waals surface area (Å²) in [6, 6.07) is 8.95. The van der Waals surface area contributed by atoms with Gasteiger partial charge in [-0.2, -0.15) is 0 Å². The molecule has 0 amide bonds. The summed E-state index contributed by atoms with van der Waals surface area (Å²) >= 11 is 0. The van der Waals surface area contributed by atoms with E-state index < -0.39 is 0 Å². The van der Waals surface area contributed by atoms with Crippen LogP contribution >= 0.6 is 0 Å². The highest BCUT2D eigenvalue weighted by Crippen LogP contribution is 2.45. The molecule has 1 heteroatoms. The predicted octanol–water partition coefficient (Wildman–Crippen LogP) is 3.70. The van der Waals surface area contributed by atoms with E-state index in [1.807, 2.05) is 7.11 Å². The van der Waals surface area contributed by atoms with Gasteiger partial charge in [-0.25, -0.2) is 0 Å². The highest BCUT2D eigenvalue weighted by atomic mass is 16.5. The smallest absolute Gasteiger partial charge is 0.0788 e. The molecule has 0 heterocycles. The van der Waals surface area contributed by atoms with Crippen molar-refractivity contribution >= 4 is 0 Å². The van der Waals surface area contributed by atoms with E-state index in [4.69, 9.17) is 4.74 Å². The maximum absolute atomic E-state index is 5.67. The van der Waals surface area contributed by atoms with E-state index in [2.05, 4.69) is 37.3 Å². The Kier molecular flexibility index (Phi) is 2.79. The molecule has 90 valence electrons. The van der Waals surface area contributed by atoms with E-state index in [0.29, 0.717) is 17.9 Å². The summed E-state index contributed by atoms with van der Waals surface area (Å²) < 4.78 is 5.67. The quantitative estimate of drug-likeness (QED) is 0.666. The molecule has 0 aliphatic heterocycles. The lowest BCUT2D eigenvalue weighted by Gasteiger charge is -2.40. The van der Waals surface area contributed by atoms with Crippen LogP contribution in [0.15, 0.2) is 35.9 Å². The first-order valence-electron chi connectivity index (χ1n) is 6.57. The number of allylic oxidation sites excluding steroid dienone is 1. The Bertz CT molecular complexity index is 447. The fourth-order valence-corrected chi connectivity index (χ4v) is 3.59. The molecule has 3 rings (SSSR count). The average Bonchev–Trinajstić information content (AvgIpc) is 2.37. The minimum Gasteiger partial charge on any atom is -0.377 e. The van der Waals surface area contributed by atoms with Crippen molar-refractivity contribution in [3.05, 3.63) is 47.0 Å². The molecule has 0 N–H and O–H groups in total. The van der Waals surface area contributed by atoms with Gasteiger partial charge in [-0.05, 0) is 49.1 Å². The highest BCUT2D eigenvalue weighted by Gasteiger charge is 2.36. The molecule has 1 nitrogen and oxygen atoms in total. The zero-order valence-corrected chi connectivity index (χ0v) is 10.6. The van der Waals surface area contributed by atoms with Gasteiger partial charge >= 0.3 is 0 Å². The fourth-order valence-electron chi connectivity index (χ4n) is 3.59. The van der Waals surface area contributed by atoms with Gasteiger partial charge in [0.2, 0.25) is 0 Å². The van der Waals surface area contributed by atoms with Crippen LogP contribution in [0.2, 0.25) is 0 Å². The van der Waals surface area contributed by atoms with E-state index >= 15 is 0 Å². The third-order valence-electron chi connectivity index (χ3n) is 4.40. The van der Waals surface area contributed by atoms with Crippen molar-refractivity contribution in [1.29, 1.82) is 0 Å². The van der Waals surface area contributed by atoms with Gasteiger partial charge in [0.05, 0.1) is 6.10 Å². The number of ether oxygens (including phenoxy) is 1. The molecule has 2 aliphatic carbocycles. The molecule has 17 heavy (non-hydrogen) atoms. The maximum Gasteiger partial charge on any atom is 0.0788 e. The number of rotatable bonds is 1. The molecule has 2 aliphatic rings.